The predicted octanol–water partition coefficient (Wildman–Crippen LogP) is 5.59. The Morgan fingerprint density at radius 1 is 1.16 bits per heavy atom. The van der Waals surface area contributed by atoms with Gasteiger partial charge in [-0.25, -0.2) is 8.78 Å². The summed E-state index contributed by atoms with van der Waals surface area (Å²) in [5, 5.41) is 0. The van der Waals surface area contributed by atoms with Crippen LogP contribution < -0.4 is 0 Å². The summed E-state index contributed by atoms with van der Waals surface area (Å²) < 4.78 is 27.0. The fraction of sp³-hybridized carbons (Fsp3) is 0.529. The zero-order valence-corrected chi connectivity index (χ0v) is 11.5. The molecule has 1 aliphatic rings. The summed E-state index contributed by atoms with van der Waals surface area (Å²) in [5.74, 6) is -0.555. The highest BCUT2D eigenvalue weighted by Gasteiger charge is 2.24. The molecule has 19 heavy (non-hydrogen) atoms. The number of hydrogen-bond donors (Lipinski definition) is 0. The van der Waals surface area contributed by atoms with Gasteiger partial charge >= 0.3 is 0 Å². The molecule has 0 spiro atoms. The third-order valence-electron chi connectivity index (χ3n) is 4.06. The molecule has 1 fully saturated rings. The summed E-state index contributed by atoms with van der Waals surface area (Å²) in [4.78, 5) is 0. The van der Waals surface area contributed by atoms with E-state index in [2.05, 4.69) is 19.1 Å². The van der Waals surface area contributed by atoms with Crippen LogP contribution in [0.15, 0.2) is 30.4 Å². The number of halogens is 2. The van der Waals surface area contributed by atoms with Crippen LogP contribution in [0, 0.1) is 17.6 Å². The first-order valence-corrected chi connectivity index (χ1v) is 7.33. The van der Waals surface area contributed by atoms with Gasteiger partial charge in [-0.15, -0.1) is 0 Å². The Morgan fingerprint density at radius 2 is 1.89 bits per heavy atom. The zero-order valence-electron chi connectivity index (χ0n) is 11.5. The van der Waals surface area contributed by atoms with Crippen molar-refractivity contribution in [3.63, 3.8) is 0 Å². The Morgan fingerprint density at radius 3 is 2.58 bits per heavy atom. The first-order chi connectivity index (χ1) is 9.22. The molecule has 0 aromatic heterocycles. The number of unbranched alkanes of at least 4 members (excludes halogenated alkanes) is 1. The van der Waals surface area contributed by atoms with Crippen LogP contribution in [-0.2, 0) is 0 Å². The Labute approximate surface area is 114 Å². The van der Waals surface area contributed by atoms with Crippen molar-refractivity contribution < 1.29 is 8.78 Å². The molecule has 2 heteroatoms. The van der Waals surface area contributed by atoms with Gasteiger partial charge < -0.3 is 0 Å². The van der Waals surface area contributed by atoms with Crippen LogP contribution in [-0.4, -0.2) is 0 Å². The second-order valence-corrected chi connectivity index (χ2v) is 5.47. The van der Waals surface area contributed by atoms with E-state index in [0.29, 0.717) is 11.5 Å². The Kier molecular flexibility index (Phi) is 5.12. The molecule has 1 aromatic rings. The largest absolute Gasteiger partial charge is 0.204 e. The number of rotatable bonds is 4. The van der Waals surface area contributed by atoms with Crippen molar-refractivity contribution in [1.29, 1.82) is 0 Å². The van der Waals surface area contributed by atoms with E-state index >= 15 is 0 Å². The first-order valence-electron chi connectivity index (χ1n) is 7.33. The summed E-state index contributed by atoms with van der Waals surface area (Å²) >= 11 is 0. The second kappa shape index (κ2) is 6.83. The van der Waals surface area contributed by atoms with E-state index in [0.717, 1.165) is 32.1 Å². The van der Waals surface area contributed by atoms with E-state index in [1.807, 2.05) is 0 Å². The summed E-state index contributed by atoms with van der Waals surface area (Å²) in [6.45, 7) is 2.17. The summed E-state index contributed by atoms with van der Waals surface area (Å²) in [6, 6.07) is 4.54. The van der Waals surface area contributed by atoms with Gasteiger partial charge in [0.05, 0.1) is 0 Å². The minimum absolute atomic E-state index is 0.187. The van der Waals surface area contributed by atoms with E-state index in [1.54, 1.807) is 12.1 Å². The highest BCUT2D eigenvalue weighted by atomic mass is 19.2. The van der Waals surface area contributed by atoms with Gasteiger partial charge in [-0.1, -0.05) is 37.6 Å². The lowest BCUT2D eigenvalue weighted by Crippen LogP contribution is -2.13. The molecule has 0 unspecified atom stereocenters. The number of allylic oxidation sites excluding steroid dienone is 2. The fourth-order valence-corrected chi connectivity index (χ4v) is 2.91. The van der Waals surface area contributed by atoms with Gasteiger partial charge in [0, 0.05) is 0 Å². The van der Waals surface area contributed by atoms with Gasteiger partial charge in [0.25, 0.3) is 0 Å². The van der Waals surface area contributed by atoms with Gasteiger partial charge in [-0.3, -0.25) is 0 Å². The van der Waals surface area contributed by atoms with Gasteiger partial charge in [-0.05, 0) is 55.6 Å². The maximum absolute atomic E-state index is 13.7. The third kappa shape index (κ3) is 3.65. The highest BCUT2D eigenvalue weighted by Crippen LogP contribution is 2.37. The lowest BCUT2D eigenvalue weighted by Gasteiger charge is -2.27. The minimum Gasteiger partial charge on any atom is -0.204 e. The maximum Gasteiger partial charge on any atom is 0.162 e. The molecule has 0 atom stereocenters. The minimum atomic E-state index is -0.720. The van der Waals surface area contributed by atoms with Crippen molar-refractivity contribution in [3.05, 3.63) is 47.5 Å². The monoisotopic (exact) mass is 264 g/mol. The van der Waals surface area contributed by atoms with E-state index in [-0.39, 0.29) is 5.92 Å². The van der Waals surface area contributed by atoms with Gasteiger partial charge in [-0.2, -0.15) is 0 Å². The normalized spacial score (nSPS) is 23.9. The fourth-order valence-electron chi connectivity index (χ4n) is 2.91. The SMILES string of the molecule is CCCC=CC1CCC(c2cccc(F)c2F)CC1. The van der Waals surface area contributed by atoms with Crippen molar-refractivity contribution in [3.8, 4) is 0 Å². The Balaban J connectivity index is 1.94. The molecule has 0 aliphatic heterocycles. The van der Waals surface area contributed by atoms with Crippen LogP contribution in [0.5, 0.6) is 0 Å². The van der Waals surface area contributed by atoms with Gasteiger partial charge in [0.2, 0.25) is 0 Å². The van der Waals surface area contributed by atoms with Crippen LogP contribution in [0.4, 0.5) is 8.78 Å². The molecule has 0 saturated heterocycles. The molecule has 0 nitrogen and oxygen atoms in total. The van der Waals surface area contributed by atoms with E-state index < -0.39 is 11.6 Å². The standard InChI is InChI=1S/C17H22F2/c1-2-3-4-6-13-9-11-14(12-10-13)15-7-5-8-16(18)17(15)19/h4-8,13-14H,2-3,9-12H2,1H3. The quantitative estimate of drug-likeness (QED) is 0.621. The predicted molar refractivity (Wildman–Crippen MR) is 75.1 cm³/mol. The Bertz CT molecular complexity index is 429. The van der Waals surface area contributed by atoms with E-state index in [4.69, 9.17) is 0 Å². The first kappa shape index (κ1) is 14.2. The average molecular weight is 264 g/mol. The van der Waals surface area contributed by atoms with Crippen molar-refractivity contribution in [1.82, 2.24) is 0 Å². The smallest absolute Gasteiger partial charge is 0.162 e. The van der Waals surface area contributed by atoms with Crippen LogP contribution in [0.1, 0.15) is 56.9 Å². The lowest BCUT2D eigenvalue weighted by molar-refractivity contribution is 0.363. The van der Waals surface area contributed by atoms with Gasteiger partial charge in [0.1, 0.15) is 0 Å². The van der Waals surface area contributed by atoms with Gasteiger partial charge in [0.15, 0.2) is 11.6 Å². The molecular formula is C17H22F2. The number of benzene rings is 1. The Hall–Kier alpha value is -1.18. The lowest BCUT2D eigenvalue weighted by atomic mass is 9.78. The van der Waals surface area contributed by atoms with Crippen molar-refractivity contribution in [2.45, 2.75) is 51.4 Å². The second-order valence-electron chi connectivity index (χ2n) is 5.47. The summed E-state index contributed by atoms with van der Waals surface area (Å²) in [7, 11) is 0. The third-order valence-corrected chi connectivity index (χ3v) is 4.06. The van der Waals surface area contributed by atoms with Crippen molar-refractivity contribution >= 4 is 0 Å². The van der Waals surface area contributed by atoms with Crippen LogP contribution in [0.25, 0.3) is 0 Å². The molecule has 0 N–H and O–H groups in total. The number of hydrogen-bond acceptors (Lipinski definition) is 0. The zero-order chi connectivity index (χ0) is 13.7. The van der Waals surface area contributed by atoms with Crippen molar-refractivity contribution in [2.75, 3.05) is 0 Å². The highest BCUT2D eigenvalue weighted by molar-refractivity contribution is 5.23. The molecule has 104 valence electrons. The molecule has 0 heterocycles. The molecule has 0 radical (unpaired) electrons. The van der Waals surface area contributed by atoms with Crippen LogP contribution in [0.3, 0.4) is 0 Å². The van der Waals surface area contributed by atoms with Crippen LogP contribution >= 0.6 is 0 Å². The molecular weight excluding hydrogens is 242 g/mol. The van der Waals surface area contributed by atoms with E-state index in [9.17, 15) is 8.78 Å². The average Bonchev–Trinajstić information content (AvgIpc) is 2.43. The molecule has 1 saturated carbocycles. The molecule has 1 aromatic carbocycles. The van der Waals surface area contributed by atoms with Crippen LogP contribution in [0.2, 0.25) is 0 Å². The molecule has 0 bridgehead atoms. The molecule has 1 aliphatic carbocycles. The maximum atomic E-state index is 13.7. The molecule has 2 rings (SSSR count). The van der Waals surface area contributed by atoms with E-state index in [1.165, 1.54) is 12.5 Å². The summed E-state index contributed by atoms with van der Waals surface area (Å²) in [5.41, 5.74) is 0.566. The van der Waals surface area contributed by atoms with Crippen molar-refractivity contribution in [2.24, 2.45) is 5.92 Å². The summed E-state index contributed by atoms with van der Waals surface area (Å²) in [6.07, 6.45) is 11.0. The molecule has 0 amide bonds. The topological polar surface area (TPSA) is 0 Å².